The van der Waals surface area contributed by atoms with Gasteiger partial charge in [-0.15, -0.1) is 0 Å². The van der Waals surface area contributed by atoms with Gasteiger partial charge in [-0.1, -0.05) is 18.2 Å². The Kier molecular flexibility index (Phi) is 5.17. The van der Waals surface area contributed by atoms with E-state index in [0.717, 1.165) is 61.0 Å². The Balaban J connectivity index is 1.52. The number of fused-ring (bicyclic) bond motifs is 2. The Morgan fingerprint density at radius 3 is 2.85 bits per heavy atom. The summed E-state index contributed by atoms with van der Waals surface area (Å²) in [4.78, 5) is 25.1. The number of H-pyrrole nitrogens is 1. The van der Waals surface area contributed by atoms with E-state index in [9.17, 15) is 4.79 Å². The number of piperazine rings is 1. The first-order chi connectivity index (χ1) is 12.7. The molecule has 1 aromatic carbocycles. The average molecular weight is 372 g/mol. The Morgan fingerprint density at radius 1 is 1.23 bits per heavy atom. The predicted octanol–water partition coefficient (Wildman–Crippen LogP) is 1.74. The molecule has 0 bridgehead atoms. The standard InChI is InChI=1S/C19H24N4O2S/c1-26-11-10-22-6-8-23(9-7-22)19-20-16-13-25-17-5-3-2-4-14(17)12-15(16)18(24)21-19/h2-5H,6-13H2,1H3,(H,20,21,24). The number of benzene rings is 1. The highest BCUT2D eigenvalue weighted by Crippen LogP contribution is 2.26. The van der Waals surface area contributed by atoms with Crippen LogP contribution < -0.4 is 15.2 Å². The molecule has 1 saturated heterocycles. The van der Waals surface area contributed by atoms with Crippen molar-refractivity contribution < 1.29 is 4.74 Å². The van der Waals surface area contributed by atoms with E-state index in [4.69, 9.17) is 9.72 Å². The zero-order valence-electron chi connectivity index (χ0n) is 15.0. The first kappa shape index (κ1) is 17.4. The van der Waals surface area contributed by atoms with E-state index in [0.29, 0.717) is 19.0 Å². The molecular weight excluding hydrogens is 348 g/mol. The summed E-state index contributed by atoms with van der Waals surface area (Å²) in [5.74, 6) is 2.67. The van der Waals surface area contributed by atoms with Gasteiger partial charge >= 0.3 is 0 Å². The summed E-state index contributed by atoms with van der Waals surface area (Å²) >= 11 is 1.88. The highest BCUT2D eigenvalue weighted by Gasteiger charge is 2.23. The van der Waals surface area contributed by atoms with Crippen LogP contribution in [0.5, 0.6) is 5.75 Å². The number of ether oxygens (including phenoxy) is 1. The van der Waals surface area contributed by atoms with Crippen LogP contribution in [0, 0.1) is 0 Å². The highest BCUT2D eigenvalue weighted by atomic mass is 32.2. The SMILES string of the molecule is CSCCN1CCN(c2nc3c(c(=O)[nH]2)Cc2ccccc2OC3)CC1. The van der Waals surface area contributed by atoms with Crippen LogP contribution in [0.1, 0.15) is 16.8 Å². The molecule has 7 heteroatoms. The van der Waals surface area contributed by atoms with Gasteiger partial charge in [0, 0.05) is 50.5 Å². The lowest BCUT2D eigenvalue weighted by Gasteiger charge is -2.35. The molecule has 0 saturated carbocycles. The number of aromatic amines is 1. The second-order valence-corrected chi connectivity index (χ2v) is 7.70. The van der Waals surface area contributed by atoms with Crippen molar-refractivity contribution >= 4 is 17.7 Å². The molecule has 0 amide bonds. The third-order valence-electron chi connectivity index (χ3n) is 5.08. The van der Waals surface area contributed by atoms with Crippen LogP contribution in [0.15, 0.2) is 29.1 Å². The molecule has 26 heavy (non-hydrogen) atoms. The summed E-state index contributed by atoms with van der Waals surface area (Å²) in [6, 6.07) is 7.88. The molecule has 138 valence electrons. The van der Waals surface area contributed by atoms with Gasteiger partial charge in [0.2, 0.25) is 5.95 Å². The van der Waals surface area contributed by atoms with E-state index in [1.807, 2.05) is 36.0 Å². The molecule has 1 N–H and O–H groups in total. The van der Waals surface area contributed by atoms with E-state index in [2.05, 4.69) is 21.0 Å². The van der Waals surface area contributed by atoms with Crippen LogP contribution in [-0.4, -0.2) is 59.6 Å². The van der Waals surface area contributed by atoms with Gasteiger partial charge in [0.05, 0.1) is 5.69 Å². The number of thioether (sulfide) groups is 1. The van der Waals surface area contributed by atoms with Crippen LogP contribution in [0.4, 0.5) is 5.95 Å². The molecule has 0 unspecified atom stereocenters. The Morgan fingerprint density at radius 2 is 2.04 bits per heavy atom. The normalized spacial score (nSPS) is 17.2. The van der Waals surface area contributed by atoms with E-state index in [1.54, 1.807) is 0 Å². The van der Waals surface area contributed by atoms with Gasteiger partial charge in [-0.2, -0.15) is 11.8 Å². The summed E-state index contributed by atoms with van der Waals surface area (Å²) in [7, 11) is 0. The number of hydrogen-bond donors (Lipinski definition) is 1. The van der Waals surface area contributed by atoms with Gasteiger partial charge in [-0.25, -0.2) is 4.98 Å². The predicted molar refractivity (Wildman–Crippen MR) is 105 cm³/mol. The molecule has 6 nitrogen and oxygen atoms in total. The number of rotatable bonds is 4. The fourth-order valence-corrected chi connectivity index (χ4v) is 3.95. The van der Waals surface area contributed by atoms with Crippen molar-refractivity contribution in [1.82, 2.24) is 14.9 Å². The fraction of sp³-hybridized carbons (Fsp3) is 0.474. The van der Waals surface area contributed by atoms with E-state index >= 15 is 0 Å². The maximum Gasteiger partial charge on any atom is 0.256 e. The molecule has 1 aromatic heterocycles. The van der Waals surface area contributed by atoms with Gasteiger partial charge in [-0.05, 0) is 17.9 Å². The lowest BCUT2D eigenvalue weighted by atomic mass is 10.1. The van der Waals surface area contributed by atoms with Crippen LogP contribution >= 0.6 is 11.8 Å². The zero-order valence-corrected chi connectivity index (χ0v) is 15.8. The second-order valence-electron chi connectivity index (χ2n) is 6.71. The summed E-state index contributed by atoms with van der Waals surface area (Å²) in [6.07, 6.45) is 2.71. The lowest BCUT2D eigenvalue weighted by Crippen LogP contribution is -2.48. The van der Waals surface area contributed by atoms with Crippen molar-refractivity contribution in [1.29, 1.82) is 0 Å². The number of hydrogen-bond acceptors (Lipinski definition) is 6. The molecule has 1 fully saturated rings. The Labute approximate surface area is 157 Å². The largest absolute Gasteiger partial charge is 0.487 e. The van der Waals surface area contributed by atoms with Gasteiger partial charge in [0.15, 0.2) is 0 Å². The van der Waals surface area contributed by atoms with Crippen molar-refractivity contribution in [2.75, 3.05) is 49.6 Å². The molecule has 0 radical (unpaired) electrons. The summed E-state index contributed by atoms with van der Waals surface area (Å²) < 4.78 is 5.89. The zero-order chi connectivity index (χ0) is 17.9. The minimum absolute atomic E-state index is 0.0462. The van der Waals surface area contributed by atoms with Crippen LogP contribution in [0.25, 0.3) is 0 Å². The van der Waals surface area contributed by atoms with Gasteiger partial charge in [0.25, 0.3) is 5.56 Å². The Hall–Kier alpha value is -1.99. The maximum absolute atomic E-state index is 12.7. The Bertz CT molecular complexity index is 831. The third kappa shape index (κ3) is 3.59. The molecule has 0 spiro atoms. The van der Waals surface area contributed by atoms with Crippen molar-refractivity contribution in [3.05, 3.63) is 51.4 Å². The fourth-order valence-electron chi connectivity index (χ4n) is 3.51. The molecule has 0 atom stereocenters. The first-order valence-corrected chi connectivity index (χ1v) is 10.4. The molecule has 2 aliphatic heterocycles. The molecule has 2 aromatic rings. The van der Waals surface area contributed by atoms with Crippen LogP contribution in [0.3, 0.4) is 0 Å². The topological polar surface area (TPSA) is 61.5 Å². The quantitative estimate of drug-likeness (QED) is 0.882. The van der Waals surface area contributed by atoms with E-state index < -0.39 is 0 Å². The van der Waals surface area contributed by atoms with Crippen LogP contribution in [-0.2, 0) is 13.0 Å². The number of nitrogens with zero attached hydrogens (tertiary/aromatic N) is 3. The monoisotopic (exact) mass is 372 g/mol. The number of aromatic nitrogens is 2. The summed E-state index contributed by atoms with van der Waals surface area (Å²) in [5, 5.41) is 0. The smallest absolute Gasteiger partial charge is 0.256 e. The molecule has 2 aliphatic rings. The van der Waals surface area contributed by atoms with Crippen molar-refractivity contribution in [3.8, 4) is 5.75 Å². The minimum atomic E-state index is -0.0462. The van der Waals surface area contributed by atoms with Crippen molar-refractivity contribution in [3.63, 3.8) is 0 Å². The number of anilines is 1. The number of nitrogens with one attached hydrogen (secondary N) is 1. The molecule has 4 rings (SSSR count). The van der Waals surface area contributed by atoms with Gasteiger partial charge in [0.1, 0.15) is 12.4 Å². The molecule has 0 aliphatic carbocycles. The average Bonchev–Trinajstić information content (AvgIpc) is 2.87. The second kappa shape index (κ2) is 7.72. The van der Waals surface area contributed by atoms with Crippen molar-refractivity contribution in [2.45, 2.75) is 13.0 Å². The van der Waals surface area contributed by atoms with Gasteiger partial charge in [-0.3, -0.25) is 14.7 Å². The van der Waals surface area contributed by atoms with Crippen molar-refractivity contribution in [2.24, 2.45) is 0 Å². The van der Waals surface area contributed by atoms with Crippen LogP contribution in [0.2, 0.25) is 0 Å². The maximum atomic E-state index is 12.7. The lowest BCUT2D eigenvalue weighted by molar-refractivity contribution is 0.271. The number of para-hydroxylation sites is 1. The summed E-state index contributed by atoms with van der Waals surface area (Å²) in [6.45, 7) is 5.24. The van der Waals surface area contributed by atoms with Gasteiger partial charge < -0.3 is 9.64 Å². The highest BCUT2D eigenvalue weighted by molar-refractivity contribution is 7.98. The molecular formula is C19H24N4O2S. The third-order valence-corrected chi connectivity index (χ3v) is 5.67. The summed E-state index contributed by atoms with van der Waals surface area (Å²) in [5.41, 5.74) is 2.46. The van der Waals surface area contributed by atoms with E-state index in [-0.39, 0.29) is 5.56 Å². The molecule has 3 heterocycles. The first-order valence-electron chi connectivity index (χ1n) is 9.03. The van der Waals surface area contributed by atoms with E-state index in [1.165, 1.54) is 0 Å². The minimum Gasteiger partial charge on any atom is -0.487 e.